The van der Waals surface area contributed by atoms with Crippen molar-refractivity contribution in [2.75, 3.05) is 23.6 Å². The van der Waals surface area contributed by atoms with Gasteiger partial charge in [0.25, 0.3) is 5.56 Å². The first-order valence-corrected chi connectivity index (χ1v) is 10.5. The molecule has 0 aliphatic rings. The van der Waals surface area contributed by atoms with Crippen LogP contribution in [-0.4, -0.2) is 28.4 Å². The number of hydrogen-bond donors (Lipinski definition) is 2. The molecule has 7 nitrogen and oxygen atoms in total. The number of thioether (sulfide) groups is 1. The Morgan fingerprint density at radius 1 is 0.968 bits per heavy atom. The van der Waals surface area contributed by atoms with Gasteiger partial charge in [0.05, 0.1) is 29.5 Å². The first-order chi connectivity index (χ1) is 15.1. The van der Waals surface area contributed by atoms with Crippen molar-refractivity contribution in [2.24, 2.45) is 0 Å². The minimum absolute atomic E-state index is 0.0906. The molecule has 0 bridgehead atoms. The van der Waals surface area contributed by atoms with Crippen molar-refractivity contribution in [1.82, 2.24) is 9.66 Å². The molecule has 0 aliphatic carbocycles. The van der Waals surface area contributed by atoms with Crippen molar-refractivity contribution in [3.05, 3.63) is 89.2 Å². The second-order valence-electron chi connectivity index (χ2n) is 6.60. The van der Waals surface area contributed by atoms with Crippen LogP contribution in [0.25, 0.3) is 10.9 Å². The zero-order valence-electron chi connectivity index (χ0n) is 16.7. The predicted molar refractivity (Wildman–Crippen MR) is 124 cm³/mol. The molecule has 4 rings (SSSR count). The summed E-state index contributed by atoms with van der Waals surface area (Å²) in [5, 5.41) is 3.73. The first kappa shape index (κ1) is 20.5. The number of anilines is 2. The largest absolute Gasteiger partial charge is 0.497 e. The Kier molecular flexibility index (Phi) is 6.18. The molecular formula is C23H20N4O3S. The number of nitrogens with zero attached hydrogens (tertiary/aromatic N) is 2. The zero-order valence-corrected chi connectivity index (χ0v) is 17.6. The SMILES string of the molecule is COc1ccc(NC(=O)CSc2nc3ccccc3c(=O)n2Nc2ccccc2)cc1. The van der Waals surface area contributed by atoms with E-state index < -0.39 is 0 Å². The number of rotatable bonds is 7. The molecule has 0 spiro atoms. The molecule has 156 valence electrons. The molecule has 0 radical (unpaired) electrons. The van der Waals surface area contributed by atoms with Crippen molar-refractivity contribution in [2.45, 2.75) is 5.16 Å². The van der Waals surface area contributed by atoms with Gasteiger partial charge in [-0.05, 0) is 48.5 Å². The van der Waals surface area contributed by atoms with Gasteiger partial charge in [0.1, 0.15) is 5.75 Å². The zero-order chi connectivity index (χ0) is 21.6. The van der Waals surface area contributed by atoms with Gasteiger partial charge >= 0.3 is 0 Å². The van der Waals surface area contributed by atoms with Crippen LogP contribution >= 0.6 is 11.8 Å². The Labute approximate surface area is 183 Å². The third kappa shape index (κ3) is 4.87. The lowest BCUT2D eigenvalue weighted by atomic mass is 10.2. The van der Waals surface area contributed by atoms with Crippen LogP contribution in [0.15, 0.2) is 88.8 Å². The molecule has 0 aliphatic heterocycles. The van der Waals surface area contributed by atoms with E-state index in [1.165, 1.54) is 16.4 Å². The van der Waals surface area contributed by atoms with Crippen molar-refractivity contribution in [1.29, 1.82) is 0 Å². The molecule has 31 heavy (non-hydrogen) atoms. The van der Waals surface area contributed by atoms with Gasteiger partial charge < -0.3 is 10.1 Å². The average Bonchev–Trinajstić information content (AvgIpc) is 2.81. The van der Waals surface area contributed by atoms with Gasteiger partial charge in [-0.1, -0.05) is 42.1 Å². The minimum atomic E-state index is -0.229. The predicted octanol–water partition coefficient (Wildman–Crippen LogP) is 4.01. The van der Waals surface area contributed by atoms with Gasteiger partial charge in [0.2, 0.25) is 5.91 Å². The van der Waals surface area contributed by atoms with Crippen LogP contribution in [-0.2, 0) is 4.79 Å². The van der Waals surface area contributed by atoms with Gasteiger partial charge in [-0.3, -0.25) is 15.0 Å². The summed E-state index contributed by atoms with van der Waals surface area (Å²) in [6, 6.07) is 23.6. The molecule has 1 aromatic heterocycles. The van der Waals surface area contributed by atoms with E-state index in [0.29, 0.717) is 27.5 Å². The van der Waals surface area contributed by atoms with E-state index in [2.05, 4.69) is 15.7 Å². The number of hydrogen-bond acceptors (Lipinski definition) is 6. The van der Waals surface area contributed by atoms with E-state index >= 15 is 0 Å². The molecule has 1 amide bonds. The number of para-hydroxylation sites is 2. The molecule has 3 aromatic carbocycles. The fourth-order valence-corrected chi connectivity index (χ4v) is 3.70. The Bertz CT molecular complexity index is 1260. The summed E-state index contributed by atoms with van der Waals surface area (Å²) in [5.41, 5.74) is 4.85. The van der Waals surface area contributed by atoms with Crippen LogP contribution in [0.4, 0.5) is 11.4 Å². The van der Waals surface area contributed by atoms with Gasteiger partial charge in [-0.15, -0.1) is 0 Å². The Morgan fingerprint density at radius 2 is 1.68 bits per heavy atom. The van der Waals surface area contributed by atoms with Crippen LogP contribution in [0.5, 0.6) is 5.75 Å². The lowest BCUT2D eigenvalue weighted by molar-refractivity contribution is -0.113. The van der Waals surface area contributed by atoms with E-state index in [0.717, 1.165) is 5.69 Å². The Morgan fingerprint density at radius 3 is 2.42 bits per heavy atom. The normalized spacial score (nSPS) is 10.6. The van der Waals surface area contributed by atoms with Crippen LogP contribution in [0.3, 0.4) is 0 Å². The molecule has 0 fully saturated rings. The lowest BCUT2D eigenvalue weighted by Gasteiger charge is -2.15. The van der Waals surface area contributed by atoms with Crippen molar-refractivity contribution in [3.8, 4) is 5.75 Å². The van der Waals surface area contributed by atoms with Crippen LogP contribution in [0.2, 0.25) is 0 Å². The van der Waals surface area contributed by atoms with Crippen LogP contribution in [0.1, 0.15) is 0 Å². The minimum Gasteiger partial charge on any atom is -0.497 e. The number of fused-ring (bicyclic) bond motifs is 1. The van der Waals surface area contributed by atoms with Gasteiger partial charge in [-0.2, -0.15) is 4.68 Å². The summed E-state index contributed by atoms with van der Waals surface area (Å²) in [5.74, 6) is 0.598. The number of nitrogens with one attached hydrogen (secondary N) is 2. The van der Waals surface area contributed by atoms with Crippen molar-refractivity contribution >= 4 is 39.9 Å². The average molecular weight is 433 g/mol. The van der Waals surface area contributed by atoms with E-state index in [1.807, 2.05) is 36.4 Å². The number of carbonyl (C=O) groups excluding carboxylic acids is 1. The molecule has 0 unspecified atom stereocenters. The molecule has 1 heterocycles. The maximum absolute atomic E-state index is 13.1. The summed E-state index contributed by atoms with van der Waals surface area (Å²) < 4.78 is 6.50. The highest BCUT2D eigenvalue weighted by Gasteiger charge is 2.14. The van der Waals surface area contributed by atoms with Gasteiger partial charge in [0.15, 0.2) is 5.16 Å². The van der Waals surface area contributed by atoms with E-state index in [4.69, 9.17) is 4.74 Å². The van der Waals surface area contributed by atoms with Crippen LogP contribution in [0, 0.1) is 0 Å². The fourth-order valence-electron chi connectivity index (χ4n) is 2.95. The van der Waals surface area contributed by atoms with E-state index in [9.17, 15) is 9.59 Å². The summed E-state index contributed by atoms with van der Waals surface area (Å²) >= 11 is 1.18. The van der Waals surface area contributed by atoms with E-state index in [-0.39, 0.29) is 17.2 Å². The maximum Gasteiger partial charge on any atom is 0.280 e. The molecular weight excluding hydrogens is 412 g/mol. The monoisotopic (exact) mass is 432 g/mol. The fraction of sp³-hybridized carbons (Fsp3) is 0.0870. The molecule has 0 saturated heterocycles. The maximum atomic E-state index is 13.1. The van der Waals surface area contributed by atoms with Crippen LogP contribution < -0.4 is 21.0 Å². The number of amides is 1. The second-order valence-corrected chi connectivity index (χ2v) is 7.54. The molecule has 8 heteroatoms. The molecule has 0 saturated carbocycles. The third-order valence-corrected chi connectivity index (χ3v) is 5.40. The molecule has 2 N–H and O–H groups in total. The Balaban J connectivity index is 1.57. The number of methoxy groups -OCH3 is 1. The number of benzene rings is 3. The summed E-state index contributed by atoms with van der Waals surface area (Å²) in [7, 11) is 1.59. The molecule has 0 atom stereocenters. The standard InChI is InChI=1S/C23H20N4O3S/c1-30-18-13-11-16(12-14-18)24-21(28)15-31-23-25-20-10-6-5-9-19(20)22(29)27(23)26-17-7-3-2-4-8-17/h2-14,26H,15H2,1H3,(H,24,28). The number of carbonyl (C=O) groups is 1. The number of aromatic nitrogens is 2. The highest BCUT2D eigenvalue weighted by molar-refractivity contribution is 7.99. The highest BCUT2D eigenvalue weighted by atomic mass is 32.2. The summed E-state index contributed by atoms with van der Waals surface area (Å²) in [6.07, 6.45) is 0. The Hall–Kier alpha value is -3.78. The van der Waals surface area contributed by atoms with Crippen molar-refractivity contribution < 1.29 is 9.53 Å². The highest BCUT2D eigenvalue weighted by Crippen LogP contribution is 2.20. The number of ether oxygens (including phenoxy) is 1. The lowest BCUT2D eigenvalue weighted by Crippen LogP contribution is -2.29. The van der Waals surface area contributed by atoms with Gasteiger partial charge in [-0.25, -0.2) is 4.98 Å². The first-order valence-electron chi connectivity index (χ1n) is 9.54. The van der Waals surface area contributed by atoms with Gasteiger partial charge in [0, 0.05) is 5.69 Å². The quantitative estimate of drug-likeness (QED) is 0.339. The third-order valence-electron chi connectivity index (χ3n) is 4.47. The molecule has 4 aromatic rings. The summed E-state index contributed by atoms with van der Waals surface area (Å²) in [6.45, 7) is 0. The van der Waals surface area contributed by atoms with Crippen molar-refractivity contribution in [3.63, 3.8) is 0 Å². The second kappa shape index (κ2) is 9.36. The summed E-state index contributed by atoms with van der Waals surface area (Å²) in [4.78, 5) is 30.1. The topological polar surface area (TPSA) is 85.2 Å². The smallest absolute Gasteiger partial charge is 0.280 e. The van der Waals surface area contributed by atoms with E-state index in [1.54, 1.807) is 49.6 Å².